The Balaban J connectivity index is 2.13. The van der Waals surface area contributed by atoms with Crippen LogP contribution in [0.2, 0.25) is 0 Å². The van der Waals surface area contributed by atoms with Crippen LogP contribution in [0.4, 0.5) is 0 Å². The molecule has 2 aromatic carbocycles. The number of hydrogen-bond acceptors (Lipinski definition) is 3. The molecule has 0 radical (unpaired) electrons. The molecule has 1 atom stereocenters. The molecule has 0 aromatic heterocycles. The zero-order chi connectivity index (χ0) is 16.3. The number of benzene rings is 2. The zero-order valence-corrected chi connectivity index (χ0v) is 14.4. The van der Waals surface area contributed by atoms with Crippen LogP contribution in [0.5, 0.6) is 5.75 Å². The van der Waals surface area contributed by atoms with Crippen LogP contribution in [0.3, 0.4) is 0 Å². The van der Waals surface area contributed by atoms with E-state index < -0.39 is 0 Å². The van der Waals surface area contributed by atoms with E-state index in [4.69, 9.17) is 0 Å². The summed E-state index contributed by atoms with van der Waals surface area (Å²) in [4.78, 5) is 2.21. The Labute approximate surface area is 134 Å². The molecular weight excluding hydrogens is 272 g/mol. The second-order valence-corrected chi connectivity index (χ2v) is 7.23. The van der Waals surface area contributed by atoms with E-state index in [-0.39, 0.29) is 11.5 Å². The summed E-state index contributed by atoms with van der Waals surface area (Å²) in [6.07, 6.45) is 0. The van der Waals surface area contributed by atoms with Crippen LogP contribution in [0.25, 0.3) is 10.8 Å². The second kappa shape index (κ2) is 6.67. The molecule has 2 aromatic rings. The fourth-order valence-electron chi connectivity index (χ4n) is 3.07. The maximum atomic E-state index is 10.5. The molecule has 22 heavy (non-hydrogen) atoms. The van der Waals surface area contributed by atoms with Crippen molar-refractivity contribution < 1.29 is 5.11 Å². The van der Waals surface area contributed by atoms with Crippen molar-refractivity contribution in [2.75, 3.05) is 27.2 Å². The summed E-state index contributed by atoms with van der Waals surface area (Å²) in [7, 11) is 4.20. The normalized spacial score (nSPS) is 13.7. The number of phenolic OH excluding ortho intramolecular Hbond substituents is 1. The number of nitrogens with zero attached hydrogens (tertiary/aromatic N) is 1. The molecular formula is C19H28N2O. The van der Waals surface area contributed by atoms with Crippen LogP contribution < -0.4 is 5.32 Å². The zero-order valence-electron chi connectivity index (χ0n) is 14.4. The summed E-state index contributed by atoms with van der Waals surface area (Å²) < 4.78 is 0. The maximum absolute atomic E-state index is 10.5. The van der Waals surface area contributed by atoms with Gasteiger partial charge >= 0.3 is 0 Å². The van der Waals surface area contributed by atoms with Gasteiger partial charge in [0.25, 0.3) is 0 Å². The van der Waals surface area contributed by atoms with E-state index in [1.165, 1.54) is 0 Å². The van der Waals surface area contributed by atoms with Gasteiger partial charge in [-0.3, -0.25) is 0 Å². The van der Waals surface area contributed by atoms with Crippen molar-refractivity contribution in [1.82, 2.24) is 10.2 Å². The number of phenols is 1. The van der Waals surface area contributed by atoms with Crippen molar-refractivity contribution in [2.45, 2.75) is 26.8 Å². The summed E-state index contributed by atoms with van der Waals surface area (Å²) in [5.41, 5.74) is 1.14. The predicted octanol–water partition coefficient (Wildman–Crippen LogP) is 3.78. The summed E-state index contributed by atoms with van der Waals surface area (Å²) in [6, 6.07) is 12.2. The number of nitrogens with one attached hydrogen (secondary N) is 1. The smallest absolute Gasteiger partial charge is 0.128 e. The second-order valence-electron chi connectivity index (χ2n) is 7.23. The number of fused-ring (bicyclic) bond motifs is 1. The minimum absolute atomic E-state index is 0.117. The van der Waals surface area contributed by atoms with Crippen molar-refractivity contribution in [3.8, 4) is 5.75 Å². The molecule has 3 heteroatoms. The first-order valence-corrected chi connectivity index (χ1v) is 7.89. The van der Waals surface area contributed by atoms with Crippen molar-refractivity contribution in [3.63, 3.8) is 0 Å². The van der Waals surface area contributed by atoms with Gasteiger partial charge in [-0.25, -0.2) is 0 Å². The van der Waals surface area contributed by atoms with Crippen LogP contribution in [0.15, 0.2) is 36.4 Å². The first-order valence-electron chi connectivity index (χ1n) is 7.89. The van der Waals surface area contributed by atoms with Crippen LogP contribution in [-0.4, -0.2) is 37.2 Å². The highest BCUT2D eigenvalue weighted by Gasteiger charge is 2.21. The lowest BCUT2D eigenvalue weighted by Gasteiger charge is -2.30. The first-order chi connectivity index (χ1) is 10.3. The lowest BCUT2D eigenvalue weighted by molar-refractivity contribution is 0.226. The SMILES string of the molecule is CC(NCC(C)(C)CN(C)C)c1ccc2ccccc2c1O. The molecule has 2 rings (SSSR count). The molecule has 0 aliphatic rings. The van der Waals surface area contributed by atoms with E-state index in [9.17, 15) is 5.11 Å². The standard InChI is InChI=1S/C19H28N2O/c1-14(20-12-19(2,3)13-21(4)5)16-11-10-15-8-6-7-9-17(15)18(16)22/h6-11,14,20,22H,12-13H2,1-5H3. The third-order valence-electron chi connectivity index (χ3n) is 4.03. The quantitative estimate of drug-likeness (QED) is 0.852. The Kier molecular flexibility index (Phi) is 5.09. The molecule has 0 spiro atoms. The van der Waals surface area contributed by atoms with Crippen molar-refractivity contribution in [3.05, 3.63) is 42.0 Å². The highest BCUT2D eigenvalue weighted by atomic mass is 16.3. The van der Waals surface area contributed by atoms with Crippen LogP contribution >= 0.6 is 0 Å². The molecule has 0 heterocycles. The molecule has 0 saturated carbocycles. The van der Waals surface area contributed by atoms with Gasteiger partial charge in [-0.1, -0.05) is 50.2 Å². The molecule has 0 fully saturated rings. The van der Waals surface area contributed by atoms with Crippen molar-refractivity contribution >= 4 is 10.8 Å². The van der Waals surface area contributed by atoms with E-state index >= 15 is 0 Å². The summed E-state index contributed by atoms with van der Waals surface area (Å²) in [6.45, 7) is 8.55. The Hall–Kier alpha value is -1.58. The minimum atomic E-state index is 0.117. The Morgan fingerprint density at radius 1 is 1.14 bits per heavy atom. The minimum Gasteiger partial charge on any atom is -0.507 e. The molecule has 0 aliphatic carbocycles. The average molecular weight is 300 g/mol. The number of rotatable bonds is 6. The maximum Gasteiger partial charge on any atom is 0.128 e. The fourth-order valence-corrected chi connectivity index (χ4v) is 3.07. The van der Waals surface area contributed by atoms with Crippen LogP contribution in [0.1, 0.15) is 32.4 Å². The van der Waals surface area contributed by atoms with Gasteiger partial charge in [0.1, 0.15) is 5.75 Å². The molecule has 0 aliphatic heterocycles. The van der Waals surface area contributed by atoms with E-state index in [2.05, 4.69) is 51.1 Å². The van der Waals surface area contributed by atoms with Crippen LogP contribution in [0, 0.1) is 5.41 Å². The van der Waals surface area contributed by atoms with Gasteiger partial charge in [-0.05, 0) is 31.8 Å². The highest BCUT2D eigenvalue weighted by molar-refractivity contribution is 5.89. The van der Waals surface area contributed by atoms with E-state index in [0.717, 1.165) is 29.4 Å². The molecule has 1 unspecified atom stereocenters. The molecule has 0 amide bonds. The largest absolute Gasteiger partial charge is 0.507 e. The predicted molar refractivity (Wildman–Crippen MR) is 94.4 cm³/mol. The molecule has 120 valence electrons. The van der Waals surface area contributed by atoms with Gasteiger partial charge < -0.3 is 15.3 Å². The Morgan fingerprint density at radius 2 is 1.82 bits per heavy atom. The average Bonchev–Trinajstić information content (AvgIpc) is 2.44. The number of aromatic hydroxyl groups is 1. The molecule has 2 N–H and O–H groups in total. The monoisotopic (exact) mass is 300 g/mol. The third-order valence-corrected chi connectivity index (χ3v) is 4.03. The van der Waals surface area contributed by atoms with Gasteiger partial charge in [-0.2, -0.15) is 0 Å². The van der Waals surface area contributed by atoms with Gasteiger partial charge in [0.05, 0.1) is 0 Å². The Bertz CT molecular complexity index is 634. The third kappa shape index (κ3) is 3.99. The first kappa shape index (κ1) is 16.8. The van der Waals surface area contributed by atoms with Crippen molar-refractivity contribution in [2.24, 2.45) is 5.41 Å². The van der Waals surface area contributed by atoms with Crippen LogP contribution in [-0.2, 0) is 0 Å². The summed E-state index contributed by atoms with van der Waals surface area (Å²) in [5.74, 6) is 0.392. The van der Waals surface area contributed by atoms with E-state index in [1.54, 1.807) is 0 Å². The highest BCUT2D eigenvalue weighted by Crippen LogP contribution is 2.32. The number of hydrogen-bond donors (Lipinski definition) is 2. The topological polar surface area (TPSA) is 35.5 Å². The van der Waals surface area contributed by atoms with Gasteiger partial charge in [-0.15, -0.1) is 0 Å². The summed E-state index contributed by atoms with van der Waals surface area (Å²) in [5, 5.41) is 16.1. The summed E-state index contributed by atoms with van der Waals surface area (Å²) >= 11 is 0. The molecule has 0 bridgehead atoms. The fraction of sp³-hybridized carbons (Fsp3) is 0.474. The molecule has 3 nitrogen and oxygen atoms in total. The lowest BCUT2D eigenvalue weighted by Crippen LogP contribution is -2.38. The van der Waals surface area contributed by atoms with Crippen molar-refractivity contribution in [1.29, 1.82) is 0 Å². The van der Waals surface area contributed by atoms with E-state index in [0.29, 0.717) is 5.75 Å². The lowest BCUT2D eigenvalue weighted by atomic mass is 9.92. The molecule has 0 saturated heterocycles. The van der Waals surface area contributed by atoms with Gasteiger partial charge in [0.2, 0.25) is 0 Å². The van der Waals surface area contributed by atoms with E-state index in [1.807, 2.05) is 30.3 Å². The van der Waals surface area contributed by atoms with Gasteiger partial charge in [0, 0.05) is 30.1 Å². The van der Waals surface area contributed by atoms with Gasteiger partial charge in [0.15, 0.2) is 0 Å². The Morgan fingerprint density at radius 3 is 2.50 bits per heavy atom.